The molecule has 0 aromatic carbocycles. The summed E-state index contributed by atoms with van der Waals surface area (Å²) in [5.74, 6) is 0. The fourth-order valence-electron chi connectivity index (χ4n) is 1.69. The van der Waals surface area contributed by atoms with Crippen molar-refractivity contribution in [1.82, 2.24) is 29.3 Å². The molecule has 0 bridgehead atoms. The summed E-state index contributed by atoms with van der Waals surface area (Å²) >= 11 is 2.98. The number of nitrogens with zero attached hydrogens (tertiary/aromatic N) is 3. The molecule has 0 unspecified atom stereocenters. The number of hydrogen-bond acceptors (Lipinski definition) is 5. The van der Waals surface area contributed by atoms with Crippen molar-refractivity contribution >= 4 is 27.1 Å². The predicted octanol–water partition coefficient (Wildman–Crippen LogP) is -1.66. The van der Waals surface area contributed by atoms with E-state index in [9.17, 15) is 19.2 Å². The van der Waals surface area contributed by atoms with Crippen LogP contribution in [0.5, 0.6) is 0 Å². The van der Waals surface area contributed by atoms with Gasteiger partial charge in [-0.1, -0.05) is 0 Å². The summed E-state index contributed by atoms with van der Waals surface area (Å²) in [5, 5.41) is 0. The quantitative estimate of drug-likeness (QED) is 0.486. The molecule has 0 radical (unpaired) electrons. The van der Waals surface area contributed by atoms with Gasteiger partial charge in [-0.05, 0) is 15.9 Å². The van der Waals surface area contributed by atoms with Crippen molar-refractivity contribution in [2.24, 2.45) is 0 Å². The highest BCUT2D eigenvalue weighted by atomic mass is 79.9. The van der Waals surface area contributed by atoms with Gasteiger partial charge in [0.05, 0.1) is 6.20 Å². The van der Waals surface area contributed by atoms with Crippen LogP contribution in [-0.2, 0) is 0 Å². The molecule has 0 saturated heterocycles. The van der Waals surface area contributed by atoms with Crippen LogP contribution in [-0.4, -0.2) is 29.3 Å². The molecule has 3 aromatic rings. The Kier molecular flexibility index (Phi) is 2.57. The number of aromatic nitrogens is 6. The van der Waals surface area contributed by atoms with Gasteiger partial charge in [-0.2, -0.15) is 0 Å². The van der Waals surface area contributed by atoms with Crippen molar-refractivity contribution in [1.29, 1.82) is 0 Å². The molecule has 0 atom stereocenters. The minimum atomic E-state index is -0.751. The SMILES string of the molecule is O=c1[nH]c(=O)c2ncn(-n3cc(Br)c(=O)[nH]c3=O)c2[nH]1. The number of imidazole rings is 1. The number of nitrogens with one attached hydrogen (secondary N) is 3. The molecule has 10 nitrogen and oxygen atoms in total. The summed E-state index contributed by atoms with van der Waals surface area (Å²) < 4.78 is 2.22. The third-order valence-corrected chi connectivity index (χ3v) is 3.10. The van der Waals surface area contributed by atoms with Crippen LogP contribution in [0.4, 0.5) is 0 Å². The largest absolute Gasteiger partial charge is 0.347 e. The third kappa shape index (κ3) is 1.75. The lowest BCUT2D eigenvalue weighted by molar-refractivity contribution is 0.615. The van der Waals surface area contributed by atoms with E-state index in [0.29, 0.717) is 0 Å². The van der Waals surface area contributed by atoms with E-state index < -0.39 is 22.5 Å². The molecule has 0 spiro atoms. The van der Waals surface area contributed by atoms with Crippen molar-refractivity contribution in [2.75, 3.05) is 0 Å². The van der Waals surface area contributed by atoms with Crippen LogP contribution < -0.4 is 22.5 Å². The zero-order valence-corrected chi connectivity index (χ0v) is 11.1. The molecule has 3 aromatic heterocycles. The molecule has 0 aliphatic carbocycles. The highest BCUT2D eigenvalue weighted by Crippen LogP contribution is 2.04. The zero-order valence-electron chi connectivity index (χ0n) is 9.51. The second-order valence-electron chi connectivity index (χ2n) is 3.78. The van der Waals surface area contributed by atoms with Gasteiger partial charge in [-0.15, -0.1) is 0 Å². The summed E-state index contributed by atoms with van der Waals surface area (Å²) in [6.07, 6.45) is 2.36. The molecular formula is C9H5BrN6O4. The topological polar surface area (TPSA) is 138 Å². The van der Waals surface area contributed by atoms with E-state index in [1.54, 1.807) is 0 Å². The zero-order chi connectivity index (χ0) is 14.4. The lowest BCUT2D eigenvalue weighted by Crippen LogP contribution is -2.34. The summed E-state index contributed by atoms with van der Waals surface area (Å²) in [5.41, 5.74) is -2.78. The number of halogens is 1. The first-order valence-corrected chi connectivity index (χ1v) is 5.98. The van der Waals surface area contributed by atoms with Gasteiger partial charge in [0.25, 0.3) is 11.1 Å². The van der Waals surface area contributed by atoms with E-state index in [4.69, 9.17) is 0 Å². The Morgan fingerprint density at radius 1 is 1.00 bits per heavy atom. The Labute approximate surface area is 115 Å². The molecule has 11 heteroatoms. The Hall–Kier alpha value is -2.69. The van der Waals surface area contributed by atoms with Gasteiger partial charge >= 0.3 is 11.4 Å². The molecule has 20 heavy (non-hydrogen) atoms. The van der Waals surface area contributed by atoms with E-state index >= 15 is 0 Å². The molecule has 0 amide bonds. The molecule has 102 valence electrons. The fourth-order valence-corrected chi connectivity index (χ4v) is 1.98. The molecule has 0 fully saturated rings. The second kappa shape index (κ2) is 4.16. The predicted molar refractivity (Wildman–Crippen MR) is 70.8 cm³/mol. The molecule has 3 heterocycles. The molecule has 3 rings (SSSR count). The maximum absolute atomic E-state index is 11.8. The second-order valence-corrected chi connectivity index (χ2v) is 4.63. The lowest BCUT2D eigenvalue weighted by Gasteiger charge is -2.06. The summed E-state index contributed by atoms with van der Waals surface area (Å²) in [7, 11) is 0. The Bertz CT molecular complexity index is 1050. The number of aromatic amines is 3. The van der Waals surface area contributed by atoms with Crippen LogP contribution in [0.25, 0.3) is 11.2 Å². The molecule has 0 saturated carbocycles. The third-order valence-electron chi connectivity index (χ3n) is 2.54. The first-order chi connectivity index (χ1) is 9.47. The van der Waals surface area contributed by atoms with E-state index in [1.807, 2.05) is 4.98 Å². The van der Waals surface area contributed by atoms with Crippen LogP contribution in [0, 0.1) is 0 Å². The van der Waals surface area contributed by atoms with Gasteiger partial charge in [-0.25, -0.2) is 23.9 Å². The van der Waals surface area contributed by atoms with E-state index in [-0.39, 0.29) is 15.6 Å². The van der Waals surface area contributed by atoms with Crippen LogP contribution in [0.1, 0.15) is 0 Å². The number of hydrogen-bond donors (Lipinski definition) is 3. The van der Waals surface area contributed by atoms with Crippen molar-refractivity contribution in [2.45, 2.75) is 0 Å². The average molecular weight is 341 g/mol. The molecule has 0 aliphatic heterocycles. The summed E-state index contributed by atoms with van der Waals surface area (Å²) in [4.78, 5) is 56.1. The first-order valence-electron chi connectivity index (χ1n) is 5.19. The molecular weight excluding hydrogens is 336 g/mol. The van der Waals surface area contributed by atoms with Gasteiger partial charge in [0.15, 0.2) is 11.2 Å². The maximum atomic E-state index is 11.8. The van der Waals surface area contributed by atoms with Crippen LogP contribution >= 0.6 is 15.9 Å². The number of H-pyrrole nitrogens is 3. The molecule has 3 N–H and O–H groups in total. The highest BCUT2D eigenvalue weighted by molar-refractivity contribution is 9.10. The highest BCUT2D eigenvalue weighted by Gasteiger charge is 2.11. The van der Waals surface area contributed by atoms with Gasteiger partial charge in [0, 0.05) is 0 Å². The minimum absolute atomic E-state index is 0.0276. The normalized spacial score (nSPS) is 11.1. The van der Waals surface area contributed by atoms with E-state index in [1.165, 1.54) is 12.5 Å². The standard InChI is InChI=1S/C9H5BrN6O4/c10-3-1-15(9(20)14-6(3)17)16-2-11-4-5(16)12-8(19)13-7(4)18/h1-2H,(H,14,17,20)(H2,12,13,18,19). The van der Waals surface area contributed by atoms with Crippen LogP contribution in [0.3, 0.4) is 0 Å². The Morgan fingerprint density at radius 3 is 2.50 bits per heavy atom. The van der Waals surface area contributed by atoms with Gasteiger partial charge in [0.1, 0.15) is 10.8 Å². The number of fused-ring (bicyclic) bond motifs is 1. The summed E-state index contributed by atoms with van der Waals surface area (Å²) in [6, 6.07) is 0. The molecule has 0 aliphatic rings. The number of rotatable bonds is 1. The smallest absolute Gasteiger partial charge is 0.290 e. The fraction of sp³-hybridized carbons (Fsp3) is 0. The van der Waals surface area contributed by atoms with Crippen LogP contribution in [0.2, 0.25) is 0 Å². The van der Waals surface area contributed by atoms with E-state index in [2.05, 4.69) is 30.9 Å². The minimum Gasteiger partial charge on any atom is -0.290 e. The summed E-state index contributed by atoms with van der Waals surface area (Å²) in [6.45, 7) is 0. The van der Waals surface area contributed by atoms with Crippen molar-refractivity contribution in [3.8, 4) is 0 Å². The first kappa shape index (κ1) is 12.3. The van der Waals surface area contributed by atoms with Gasteiger partial charge < -0.3 is 0 Å². The van der Waals surface area contributed by atoms with Crippen LogP contribution in [0.15, 0.2) is 36.2 Å². The van der Waals surface area contributed by atoms with Gasteiger partial charge in [-0.3, -0.25) is 24.5 Å². The Balaban J connectivity index is 2.45. The maximum Gasteiger partial charge on any atom is 0.347 e. The van der Waals surface area contributed by atoms with Crippen molar-refractivity contribution < 1.29 is 0 Å². The Morgan fingerprint density at radius 2 is 1.75 bits per heavy atom. The van der Waals surface area contributed by atoms with Crippen molar-refractivity contribution in [3.63, 3.8) is 0 Å². The van der Waals surface area contributed by atoms with Gasteiger partial charge in [0.2, 0.25) is 0 Å². The monoisotopic (exact) mass is 340 g/mol. The van der Waals surface area contributed by atoms with Crippen molar-refractivity contribution in [3.05, 3.63) is 58.7 Å². The lowest BCUT2D eigenvalue weighted by atomic mass is 10.5. The van der Waals surface area contributed by atoms with E-state index in [0.717, 1.165) is 9.35 Å². The average Bonchev–Trinajstić information content (AvgIpc) is 2.77.